The van der Waals surface area contributed by atoms with Gasteiger partial charge in [0.2, 0.25) is 10.0 Å². The van der Waals surface area contributed by atoms with E-state index in [1.807, 2.05) is 0 Å². The molecule has 2 amide bonds. The number of aliphatic hydroxyl groups is 1. The molecule has 0 spiro atoms. The van der Waals surface area contributed by atoms with Gasteiger partial charge >= 0.3 is 6.03 Å². The molecule has 2 aromatic carbocycles. The van der Waals surface area contributed by atoms with Crippen molar-refractivity contribution in [1.29, 1.82) is 0 Å². The molecule has 1 fully saturated rings. The Balaban J connectivity index is 1.73. The molecule has 3 aromatic rings. The van der Waals surface area contributed by atoms with Gasteiger partial charge in [-0.05, 0) is 18.2 Å². The number of aromatic nitrogens is 1. The van der Waals surface area contributed by atoms with E-state index in [2.05, 4.69) is 10.5 Å². The molecule has 4 rings (SSSR count). The van der Waals surface area contributed by atoms with Crippen molar-refractivity contribution in [3.05, 3.63) is 47.8 Å². The van der Waals surface area contributed by atoms with Crippen LogP contribution >= 0.6 is 0 Å². The van der Waals surface area contributed by atoms with Gasteiger partial charge in [-0.2, -0.15) is 0 Å². The molecular formula is C20H17F5N4O5S. The predicted octanol–water partition coefficient (Wildman–Crippen LogP) is 2.67. The number of anilines is 1. The van der Waals surface area contributed by atoms with Crippen LogP contribution in [0.1, 0.15) is 0 Å². The Morgan fingerprint density at radius 2 is 1.91 bits per heavy atom. The standard InChI is InChI=1S/C20H17F5N4O5S/c1-35(32,33)28-14-7-29(15(8-30)20(14,24)25)19(31)26-18-17-10(5-9(21)6-13(17)34-27-18)16-11(22)3-2-4-12(16)23/h2-6,14-15,28,30H,7-8H2,1H3,(H,26,27,31). The molecule has 3 N–H and O–H groups in total. The maximum atomic E-state index is 14.7. The van der Waals surface area contributed by atoms with Crippen molar-refractivity contribution in [2.75, 3.05) is 24.7 Å². The van der Waals surface area contributed by atoms with E-state index in [4.69, 9.17) is 4.52 Å². The molecule has 0 radical (unpaired) electrons. The number of carbonyl (C=O) groups is 1. The molecule has 1 aromatic heterocycles. The number of likely N-dealkylation sites (tertiary alicyclic amines) is 1. The summed E-state index contributed by atoms with van der Waals surface area (Å²) in [5.41, 5.74) is -1.32. The number of halogens is 5. The van der Waals surface area contributed by atoms with E-state index in [1.54, 1.807) is 4.72 Å². The minimum atomic E-state index is -4.09. The van der Waals surface area contributed by atoms with E-state index in [0.29, 0.717) is 11.2 Å². The zero-order chi connectivity index (χ0) is 25.7. The highest BCUT2D eigenvalue weighted by Gasteiger charge is 2.58. The molecule has 0 bridgehead atoms. The van der Waals surface area contributed by atoms with E-state index in [9.17, 15) is 40.3 Å². The topological polar surface area (TPSA) is 125 Å². The Kier molecular flexibility index (Phi) is 6.19. The van der Waals surface area contributed by atoms with Crippen LogP contribution in [0.15, 0.2) is 34.9 Å². The molecule has 9 nitrogen and oxygen atoms in total. The first kappa shape index (κ1) is 24.8. The van der Waals surface area contributed by atoms with Gasteiger partial charge in [-0.25, -0.2) is 39.9 Å². The van der Waals surface area contributed by atoms with Gasteiger partial charge in [0.15, 0.2) is 11.4 Å². The minimum absolute atomic E-state index is 0.221. The summed E-state index contributed by atoms with van der Waals surface area (Å²) >= 11 is 0. The first-order chi connectivity index (χ1) is 16.3. The van der Waals surface area contributed by atoms with E-state index in [1.165, 1.54) is 0 Å². The summed E-state index contributed by atoms with van der Waals surface area (Å²) < 4.78 is 102. The van der Waals surface area contributed by atoms with Crippen molar-refractivity contribution in [1.82, 2.24) is 14.8 Å². The number of benzene rings is 2. The molecule has 0 saturated carbocycles. The predicted molar refractivity (Wildman–Crippen MR) is 113 cm³/mol. The Bertz CT molecular complexity index is 1390. The quantitative estimate of drug-likeness (QED) is 0.445. The monoisotopic (exact) mass is 520 g/mol. The van der Waals surface area contributed by atoms with Gasteiger partial charge in [0.25, 0.3) is 5.92 Å². The lowest BCUT2D eigenvalue weighted by atomic mass is 10.00. The fourth-order valence-corrected chi connectivity index (χ4v) is 4.70. The molecule has 188 valence electrons. The molecular weight excluding hydrogens is 503 g/mol. The second-order valence-corrected chi connectivity index (χ2v) is 9.63. The van der Waals surface area contributed by atoms with Crippen LogP contribution in [-0.4, -0.2) is 67.0 Å². The maximum absolute atomic E-state index is 14.7. The SMILES string of the molecule is CS(=O)(=O)NC1CN(C(=O)Nc2noc3cc(F)cc(-c4c(F)cccc4F)c23)C(CO)C1(F)F. The van der Waals surface area contributed by atoms with E-state index < -0.39 is 76.0 Å². The summed E-state index contributed by atoms with van der Waals surface area (Å²) in [6.07, 6.45) is 0.657. The lowest BCUT2D eigenvalue weighted by molar-refractivity contribution is -0.0557. The van der Waals surface area contributed by atoms with Crippen molar-refractivity contribution in [3.8, 4) is 11.1 Å². The second kappa shape index (κ2) is 8.73. The van der Waals surface area contributed by atoms with Gasteiger partial charge in [0.1, 0.15) is 29.5 Å². The van der Waals surface area contributed by atoms with Gasteiger partial charge in [0.05, 0.1) is 23.8 Å². The Morgan fingerprint density at radius 3 is 2.51 bits per heavy atom. The third-order valence-corrected chi connectivity index (χ3v) is 6.16. The first-order valence-electron chi connectivity index (χ1n) is 9.90. The summed E-state index contributed by atoms with van der Waals surface area (Å²) in [7, 11) is -4.09. The van der Waals surface area contributed by atoms with Crippen LogP contribution in [0.25, 0.3) is 22.1 Å². The largest absolute Gasteiger partial charge is 0.394 e. The van der Waals surface area contributed by atoms with Crippen molar-refractivity contribution >= 4 is 32.8 Å². The van der Waals surface area contributed by atoms with Crippen LogP contribution in [0.5, 0.6) is 0 Å². The fourth-order valence-electron chi connectivity index (χ4n) is 3.95. The number of carbonyl (C=O) groups excluding carboxylic acids is 1. The van der Waals surface area contributed by atoms with Crippen LogP contribution < -0.4 is 10.0 Å². The van der Waals surface area contributed by atoms with Gasteiger partial charge in [-0.15, -0.1) is 0 Å². The molecule has 1 aliphatic rings. The van der Waals surface area contributed by atoms with Gasteiger partial charge in [-0.3, -0.25) is 5.32 Å². The van der Waals surface area contributed by atoms with E-state index in [0.717, 1.165) is 30.3 Å². The second-order valence-electron chi connectivity index (χ2n) is 7.85. The third-order valence-electron chi connectivity index (χ3n) is 5.45. The summed E-state index contributed by atoms with van der Waals surface area (Å²) in [6, 6.07) is -0.837. The number of alkyl halides is 2. The minimum Gasteiger partial charge on any atom is -0.394 e. The third kappa shape index (κ3) is 4.53. The molecule has 2 atom stereocenters. The number of aliphatic hydroxyl groups excluding tert-OH is 1. The summed E-state index contributed by atoms with van der Waals surface area (Å²) in [6.45, 7) is -2.03. The number of hydrogen-bond acceptors (Lipinski definition) is 6. The zero-order valence-corrected chi connectivity index (χ0v) is 18.5. The summed E-state index contributed by atoms with van der Waals surface area (Å²) in [4.78, 5) is 13.3. The number of hydrogen-bond donors (Lipinski definition) is 3. The molecule has 2 unspecified atom stereocenters. The number of urea groups is 1. The van der Waals surface area contributed by atoms with Crippen molar-refractivity contribution in [3.63, 3.8) is 0 Å². The highest BCUT2D eigenvalue weighted by molar-refractivity contribution is 7.88. The maximum Gasteiger partial charge on any atom is 0.323 e. The van der Waals surface area contributed by atoms with Crippen LogP contribution in [-0.2, 0) is 10.0 Å². The van der Waals surface area contributed by atoms with Crippen molar-refractivity contribution in [2.45, 2.75) is 18.0 Å². The van der Waals surface area contributed by atoms with Crippen molar-refractivity contribution < 1.29 is 44.8 Å². The van der Waals surface area contributed by atoms with E-state index in [-0.39, 0.29) is 16.5 Å². The molecule has 1 saturated heterocycles. The summed E-state index contributed by atoms with van der Waals surface area (Å²) in [5, 5.41) is 15.0. The van der Waals surface area contributed by atoms with Crippen molar-refractivity contribution in [2.24, 2.45) is 0 Å². The number of nitrogens with one attached hydrogen (secondary N) is 2. The number of fused-ring (bicyclic) bond motifs is 1. The Hall–Kier alpha value is -3.30. The smallest absolute Gasteiger partial charge is 0.323 e. The normalized spacial score (nSPS) is 19.9. The number of amides is 2. The Labute approximate surface area is 194 Å². The number of sulfonamides is 1. The van der Waals surface area contributed by atoms with E-state index >= 15 is 0 Å². The molecule has 35 heavy (non-hydrogen) atoms. The van der Waals surface area contributed by atoms with Crippen LogP contribution in [0, 0.1) is 17.5 Å². The highest BCUT2D eigenvalue weighted by Crippen LogP contribution is 2.39. The fraction of sp³-hybridized carbons (Fsp3) is 0.300. The van der Waals surface area contributed by atoms with Crippen LogP contribution in [0.2, 0.25) is 0 Å². The molecule has 0 aliphatic carbocycles. The van der Waals surface area contributed by atoms with Gasteiger partial charge in [-0.1, -0.05) is 11.2 Å². The summed E-state index contributed by atoms with van der Waals surface area (Å²) in [5.74, 6) is -7.35. The number of rotatable bonds is 5. The molecule has 1 aliphatic heterocycles. The highest BCUT2D eigenvalue weighted by atomic mass is 32.2. The number of nitrogens with zero attached hydrogens (tertiary/aromatic N) is 2. The van der Waals surface area contributed by atoms with Gasteiger partial charge < -0.3 is 14.5 Å². The average Bonchev–Trinajstić information content (AvgIpc) is 3.24. The van der Waals surface area contributed by atoms with Crippen LogP contribution in [0.4, 0.5) is 32.6 Å². The Morgan fingerprint density at radius 1 is 1.26 bits per heavy atom. The molecule has 2 heterocycles. The lowest BCUT2D eigenvalue weighted by Crippen LogP contribution is -2.51. The zero-order valence-electron chi connectivity index (χ0n) is 17.7. The molecule has 15 heteroatoms. The first-order valence-corrected chi connectivity index (χ1v) is 11.8. The van der Waals surface area contributed by atoms with Gasteiger partial charge in [0, 0.05) is 18.2 Å². The average molecular weight is 520 g/mol. The van der Waals surface area contributed by atoms with Crippen LogP contribution in [0.3, 0.4) is 0 Å². The lowest BCUT2D eigenvalue weighted by Gasteiger charge is -2.26.